The third-order valence-corrected chi connectivity index (χ3v) is 3.85. The fourth-order valence-electron chi connectivity index (χ4n) is 2.73. The van der Waals surface area contributed by atoms with Crippen LogP contribution in [0, 0.1) is 10.1 Å². The summed E-state index contributed by atoms with van der Waals surface area (Å²) in [4.78, 5) is 23.9. The van der Waals surface area contributed by atoms with E-state index in [2.05, 4.69) is 11.8 Å². The first-order chi connectivity index (χ1) is 9.50. The van der Waals surface area contributed by atoms with Gasteiger partial charge in [-0.15, -0.1) is 0 Å². The molecule has 0 aliphatic carbocycles. The topological polar surface area (TPSA) is 83.7 Å². The zero-order chi connectivity index (χ0) is 14.7. The first kappa shape index (κ1) is 14.5. The van der Waals surface area contributed by atoms with Crippen molar-refractivity contribution in [3.8, 4) is 0 Å². The van der Waals surface area contributed by atoms with Gasteiger partial charge in [-0.2, -0.15) is 0 Å². The molecule has 2 rings (SSSR count). The van der Waals surface area contributed by atoms with Gasteiger partial charge in [-0.1, -0.05) is 18.6 Å². The second-order valence-corrected chi connectivity index (χ2v) is 5.19. The van der Waals surface area contributed by atoms with Gasteiger partial charge >= 0.3 is 5.97 Å². The fraction of sp³-hybridized carbons (Fsp3) is 0.500. The molecule has 6 heteroatoms. The normalized spacial score (nSPS) is 19.8. The van der Waals surface area contributed by atoms with Gasteiger partial charge in [0.1, 0.15) is 5.56 Å². The summed E-state index contributed by atoms with van der Waals surface area (Å²) in [5.41, 5.74) is -0.00427. The van der Waals surface area contributed by atoms with Crippen molar-refractivity contribution in [2.24, 2.45) is 0 Å². The third kappa shape index (κ3) is 2.96. The molecule has 0 bridgehead atoms. The van der Waals surface area contributed by atoms with E-state index >= 15 is 0 Å². The van der Waals surface area contributed by atoms with Crippen LogP contribution in [0.5, 0.6) is 0 Å². The summed E-state index contributed by atoms with van der Waals surface area (Å²) in [6, 6.07) is 4.84. The summed E-state index contributed by atoms with van der Waals surface area (Å²) < 4.78 is 0. The Morgan fingerprint density at radius 2 is 2.25 bits per heavy atom. The smallest absolute Gasteiger partial charge is 0.343 e. The zero-order valence-corrected chi connectivity index (χ0v) is 11.4. The van der Waals surface area contributed by atoms with Crippen molar-refractivity contribution in [1.82, 2.24) is 4.90 Å². The van der Waals surface area contributed by atoms with Crippen LogP contribution in [0.25, 0.3) is 0 Å². The number of hydrogen-bond acceptors (Lipinski definition) is 4. The number of rotatable bonds is 4. The molecule has 1 heterocycles. The lowest BCUT2D eigenvalue weighted by molar-refractivity contribution is -0.385. The molecule has 0 radical (unpaired) electrons. The molecule has 1 atom stereocenters. The van der Waals surface area contributed by atoms with Crippen LogP contribution >= 0.6 is 0 Å². The van der Waals surface area contributed by atoms with Gasteiger partial charge in [-0.3, -0.25) is 15.0 Å². The molecule has 6 nitrogen and oxygen atoms in total. The molecule has 1 N–H and O–H groups in total. The predicted octanol–water partition coefficient (Wildman–Crippen LogP) is 2.67. The van der Waals surface area contributed by atoms with Crippen molar-refractivity contribution in [1.29, 1.82) is 0 Å². The van der Waals surface area contributed by atoms with Crippen LogP contribution in [-0.4, -0.2) is 33.5 Å². The maximum atomic E-state index is 11.3. The molecule has 108 valence electrons. The number of hydrogen-bond donors (Lipinski definition) is 1. The maximum Gasteiger partial charge on any atom is 0.343 e. The first-order valence-corrected chi connectivity index (χ1v) is 6.74. The number of likely N-dealkylation sites (tertiary alicyclic amines) is 1. The van der Waals surface area contributed by atoms with E-state index in [1.807, 2.05) is 0 Å². The summed E-state index contributed by atoms with van der Waals surface area (Å²) >= 11 is 0. The van der Waals surface area contributed by atoms with Gasteiger partial charge in [0.25, 0.3) is 5.69 Å². The highest BCUT2D eigenvalue weighted by Crippen LogP contribution is 2.26. The van der Waals surface area contributed by atoms with Crippen LogP contribution in [0.15, 0.2) is 18.2 Å². The van der Waals surface area contributed by atoms with E-state index in [0.29, 0.717) is 18.2 Å². The van der Waals surface area contributed by atoms with Gasteiger partial charge in [0.05, 0.1) is 4.92 Å². The van der Waals surface area contributed by atoms with E-state index in [9.17, 15) is 20.0 Å². The average molecular weight is 278 g/mol. The lowest BCUT2D eigenvalue weighted by atomic mass is 10.00. The highest BCUT2D eigenvalue weighted by atomic mass is 16.6. The molecule has 20 heavy (non-hydrogen) atoms. The van der Waals surface area contributed by atoms with E-state index < -0.39 is 10.9 Å². The van der Waals surface area contributed by atoms with Crippen LogP contribution < -0.4 is 0 Å². The largest absolute Gasteiger partial charge is 0.477 e. The number of carbonyl (C=O) groups is 1. The summed E-state index contributed by atoms with van der Waals surface area (Å²) in [7, 11) is 0. The number of nitro groups is 1. The Bertz CT molecular complexity index is 530. The molecule has 0 saturated carbocycles. The molecule has 1 aliphatic rings. The lowest BCUT2D eigenvalue weighted by Crippen LogP contribution is -2.37. The maximum absolute atomic E-state index is 11.3. The molecule has 1 aliphatic heterocycles. The second kappa shape index (κ2) is 6.00. The molecule has 1 fully saturated rings. The fourth-order valence-corrected chi connectivity index (χ4v) is 2.73. The highest BCUT2D eigenvalue weighted by Gasteiger charge is 2.26. The predicted molar refractivity (Wildman–Crippen MR) is 73.8 cm³/mol. The van der Waals surface area contributed by atoms with E-state index in [4.69, 9.17) is 0 Å². The molecule has 1 unspecified atom stereocenters. The Kier molecular flexibility index (Phi) is 4.34. The summed E-state index contributed by atoms with van der Waals surface area (Å²) in [6.45, 7) is 3.46. The van der Waals surface area contributed by atoms with Crippen molar-refractivity contribution in [3.05, 3.63) is 39.4 Å². The number of piperidine rings is 1. The number of carboxylic acids is 1. The van der Waals surface area contributed by atoms with Gasteiger partial charge in [0, 0.05) is 18.7 Å². The molecule has 0 amide bonds. The Morgan fingerprint density at radius 1 is 1.50 bits per heavy atom. The lowest BCUT2D eigenvalue weighted by Gasteiger charge is -2.33. The SMILES string of the molecule is CC1CCCCN1Cc1cccc([N+](=O)[O-])c1C(=O)O. The number of nitro benzene ring substituents is 1. The quantitative estimate of drug-likeness (QED) is 0.676. The molecule has 1 saturated heterocycles. The molecule has 0 spiro atoms. The standard InChI is InChI=1S/C14H18N2O4/c1-10-5-2-3-8-15(10)9-11-6-4-7-12(16(19)20)13(11)14(17)18/h4,6-7,10H,2-3,5,8-9H2,1H3,(H,17,18). The monoisotopic (exact) mass is 278 g/mol. The Balaban J connectivity index is 2.33. The Hall–Kier alpha value is -1.95. The van der Waals surface area contributed by atoms with E-state index in [0.717, 1.165) is 19.4 Å². The Morgan fingerprint density at radius 3 is 2.85 bits per heavy atom. The molecular weight excluding hydrogens is 260 g/mol. The minimum atomic E-state index is -1.24. The van der Waals surface area contributed by atoms with Gasteiger partial charge in [0.15, 0.2) is 0 Å². The van der Waals surface area contributed by atoms with Gasteiger partial charge in [0.2, 0.25) is 0 Å². The van der Waals surface area contributed by atoms with E-state index in [1.165, 1.54) is 12.5 Å². The highest BCUT2D eigenvalue weighted by molar-refractivity contribution is 5.94. The van der Waals surface area contributed by atoms with Crippen molar-refractivity contribution < 1.29 is 14.8 Å². The summed E-state index contributed by atoms with van der Waals surface area (Å²) in [5, 5.41) is 20.2. The molecular formula is C14H18N2O4. The minimum Gasteiger partial charge on any atom is -0.477 e. The van der Waals surface area contributed by atoms with Gasteiger partial charge in [-0.25, -0.2) is 4.79 Å². The van der Waals surface area contributed by atoms with Crippen molar-refractivity contribution in [2.75, 3.05) is 6.54 Å². The number of benzene rings is 1. The van der Waals surface area contributed by atoms with E-state index in [1.54, 1.807) is 12.1 Å². The van der Waals surface area contributed by atoms with Gasteiger partial charge in [-0.05, 0) is 31.9 Å². The third-order valence-electron chi connectivity index (χ3n) is 3.85. The molecule has 0 aromatic heterocycles. The van der Waals surface area contributed by atoms with Crippen molar-refractivity contribution in [2.45, 2.75) is 38.8 Å². The zero-order valence-electron chi connectivity index (χ0n) is 11.4. The minimum absolute atomic E-state index is 0.185. The average Bonchev–Trinajstić information content (AvgIpc) is 2.40. The summed E-state index contributed by atoms with van der Waals surface area (Å²) in [6.07, 6.45) is 3.34. The number of carboxylic acid groups (broad SMARTS) is 1. The molecule has 1 aromatic rings. The van der Waals surface area contributed by atoms with E-state index in [-0.39, 0.29) is 11.3 Å². The van der Waals surface area contributed by atoms with Crippen LogP contribution in [0.2, 0.25) is 0 Å². The van der Waals surface area contributed by atoms with Gasteiger partial charge < -0.3 is 5.11 Å². The van der Waals surface area contributed by atoms with Crippen LogP contribution in [-0.2, 0) is 6.54 Å². The number of nitrogens with zero attached hydrogens (tertiary/aromatic N) is 2. The molecule has 1 aromatic carbocycles. The Labute approximate surface area is 117 Å². The first-order valence-electron chi connectivity index (χ1n) is 6.74. The second-order valence-electron chi connectivity index (χ2n) is 5.19. The van der Waals surface area contributed by atoms with Crippen molar-refractivity contribution >= 4 is 11.7 Å². The number of aromatic carboxylic acids is 1. The van der Waals surface area contributed by atoms with Crippen LogP contribution in [0.4, 0.5) is 5.69 Å². The van der Waals surface area contributed by atoms with Crippen LogP contribution in [0.1, 0.15) is 42.1 Å². The van der Waals surface area contributed by atoms with Crippen LogP contribution in [0.3, 0.4) is 0 Å². The summed E-state index contributed by atoms with van der Waals surface area (Å²) in [5.74, 6) is -1.24. The van der Waals surface area contributed by atoms with Crippen molar-refractivity contribution in [3.63, 3.8) is 0 Å².